The van der Waals surface area contributed by atoms with Crippen LogP contribution in [0.5, 0.6) is 0 Å². The molecule has 17 heavy (non-hydrogen) atoms. The summed E-state index contributed by atoms with van der Waals surface area (Å²) in [6.07, 6.45) is 1.52. The number of nitrogens with zero attached hydrogens (tertiary/aromatic N) is 2. The molecule has 2 aromatic heterocycles. The van der Waals surface area contributed by atoms with E-state index in [9.17, 15) is 4.39 Å². The van der Waals surface area contributed by atoms with Gasteiger partial charge in [-0.25, -0.2) is 14.4 Å². The molecule has 0 aliphatic rings. The number of halogens is 2. The van der Waals surface area contributed by atoms with E-state index >= 15 is 0 Å². The number of hydrogen-bond donors (Lipinski definition) is 1. The average molecular weight is 300 g/mol. The van der Waals surface area contributed by atoms with Crippen LogP contribution in [-0.4, -0.2) is 16.5 Å². The van der Waals surface area contributed by atoms with Gasteiger partial charge in [0.25, 0.3) is 0 Å². The maximum atomic E-state index is 13.7. The highest BCUT2D eigenvalue weighted by molar-refractivity contribution is 9.10. The highest BCUT2D eigenvalue weighted by Crippen LogP contribution is 2.28. The highest BCUT2D eigenvalue weighted by atomic mass is 79.9. The number of aryl methyl sites for hydroxylation is 1. The van der Waals surface area contributed by atoms with Gasteiger partial charge in [0.2, 0.25) is 0 Å². The molecule has 0 saturated heterocycles. The molecular weight excluding hydrogens is 289 g/mol. The lowest BCUT2D eigenvalue weighted by molar-refractivity contribution is 0.570. The Morgan fingerprint density at radius 3 is 2.82 bits per heavy atom. The van der Waals surface area contributed by atoms with Crippen LogP contribution in [0.2, 0.25) is 0 Å². The molecule has 0 aliphatic carbocycles. The summed E-state index contributed by atoms with van der Waals surface area (Å²) >= 11 is 3.32. The maximum Gasteiger partial charge on any atom is 0.199 e. The molecular formula is C11H11BrFN3O. The number of furan rings is 1. The predicted octanol–water partition coefficient (Wildman–Crippen LogP) is 3.38. The summed E-state index contributed by atoms with van der Waals surface area (Å²) in [6.45, 7) is 4.06. The molecule has 0 amide bonds. The Morgan fingerprint density at radius 1 is 1.47 bits per heavy atom. The van der Waals surface area contributed by atoms with Crippen LogP contribution >= 0.6 is 15.9 Å². The smallest absolute Gasteiger partial charge is 0.199 e. The summed E-state index contributed by atoms with van der Waals surface area (Å²) in [5.74, 6) is 0.612. The standard InChI is InChI=1S/C11H11BrFN3O/c1-3-14-10-8(13)6(2)15-11(16-10)9-7(12)4-5-17-9/h4-5H,3H2,1-2H3,(H,14,15,16). The Hall–Kier alpha value is -1.43. The van der Waals surface area contributed by atoms with Gasteiger partial charge in [-0.05, 0) is 35.8 Å². The first-order chi connectivity index (χ1) is 8.13. The fourth-order valence-corrected chi connectivity index (χ4v) is 1.78. The van der Waals surface area contributed by atoms with E-state index in [4.69, 9.17) is 4.42 Å². The van der Waals surface area contributed by atoms with Crippen LogP contribution in [0, 0.1) is 12.7 Å². The quantitative estimate of drug-likeness (QED) is 0.944. The normalized spacial score (nSPS) is 10.6. The number of nitrogens with one attached hydrogen (secondary N) is 1. The molecule has 90 valence electrons. The molecule has 0 bridgehead atoms. The topological polar surface area (TPSA) is 51.0 Å². The molecule has 0 spiro atoms. The second-order valence-electron chi connectivity index (χ2n) is 3.42. The lowest BCUT2D eigenvalue weighted by Gasteiger charge is -2.07. The first-order valence-corrected chi connectivity index (χ1v) is 5.94. The minimum Gasteiger partial charge on any atom is -0.460 e. The Balaban J connectivity index is 2.53. The Labute approximate surface area is 106 Å². The van der Waals surface area contributed by atoms with Crippen LogP contribution in [0.4, 0.5) is 10.2 Å². The second kappa shape index (κ2) is 4.83. The van der Waals surface area contributed by atoms with Crippen molar-refractivity contribution in [2.45, 2.75) is 13.8 Å². The largest absolute Gasteiger partial charge is 0.460 e. The van der Waals surface area contributed by atoms with Crippen molar-refractivity contribution in [1.82, 2.24) is 9.97 Å². The van der Waals surface area contributed by atoms with Crippen molar-refractivity contribution in [2.24, 2.45) is 0 Å². The maximum absolute atomic E-state index is 13.7. The van der Waals surface area contributed by atoms with Gasteiger partial charge < -0.3 is 9.73 Å². The molecule has 2 aromatic rings. The van der Waals surface area contributed by atoms with E-state index in [0.29, 0.717) is 18.1 Å². The van der Waals surface area contributed by atoms with Crippen LogP contribution in [0.3, 0.4) is 0 Å². The zero-order valence-electron chi connectivity index (χ0n) is 9.42. The molecule has 0 radical (unpaired) electrons. The van der Waals surface area contributed by atoms with Gasteiger partial charge in [0.05, 0.1) is 16.4 Å². The number of hydrogen-bond acceptors (Lipinski definition) is 4. The van der Waals surface area contributed by atoms with E-state index in [0.717, 1.165) is 4.47 Å². The van der Waals surface area contributed by atoms with Crippen LogP contribution < -0.4 is 5.32 Å². The van der Waals surface area contributed by atoms with Crippen LogP contribution in [0.1, 0.15) is 12.6 Å². The zero-order chi connectivity index (χ0) is 12.4. The van der Waals surface area contributed by atoms with Gasteiger partial charge >= 0.3 is 0 Å². The number of anilines is 1. The van der Waals surface area contributed by atoms with Crippen molar-refractivity contribution in [3.05, 3.63) is 28.3 Å². The van der Waals surface area contributed by atoms with E-state index in [1.807, 2.05) is 6.92 Å². The fraction of sp³-hybridized carbons (Fsp3) is 0.273. The SMILES string of the molecule is CCNc1nc(-c2occc2Br)nc(C)c1F. The zero-order valence-corrected chi connectivity index (χ0v) is 11.0. The van der Waals surface area contributed by atoms with E-state index in [2.05, 4.69) is 31.2 Å². The third kappa shape index (κ3) is 2.31. The molecule has 0 aromatic carbocycles. The summed E-state index contributed by atoms with van der Waals surface area (Å²) in [5.41, 5.74) is 0.286. The minimum absolute atomic E-state index is 0.193. The van der Waals surface area contributed by atoms with Crippen molar-refractivity contribution in [3.8, 4) is 11.6 Å². The van der Waals surface area contributed by atoms with Gasteiger partial charge in [0.1, 0.15) is 0 Å². The Kier molecular flexibility index (Phi) is 3.42. The molecule has 2 rings (SSSR count). The summed E-state index contributed by atoms with van der Waals surface area (Å²) in [6, 6.07) is 1.74. The van der Waals surface area contributed by atoms with Crippen molar-refractivity contribution in [3.63, 3.8) is 0 Å². The van der Waals surface area contributed by atoms with Gasteiger partial charge in [0.15, 0.2) is 23.2 Å². The molecule has 4 nitrogen and oxygen atoms in total. The molecule has 2 heterocycles. The van der Waals surface area contributed by atoms with Gasteiger partial charge in [-0.3, -0.25) is 0 Å². The number of rotatable bonds is 3. The van der Waals surface area contributed by atoms with E-state index in [1.165, 1.54) is 6.26 Å². The van der Waals surface area contributed by atoms with E-state index in [-0.39, 0.29) is 11.5 Å². The Bertz CT molecular complexity index is 542. The van der Waals surface area contributed by atoms with Gasteiger partial charge in [-0.15, -0.1) is 0 Å². The summed E-state index contributed by atoms with van der Waals surface area (Å²) in [5, 5.41) is 2.86. The predicted molar refractivity (Wildman–Crippen MR) is 66.3 cm³/mol. The average Bonchev–Trinajstić information content (AvgIpc) is 2.71. The first-order valence-electron chi connectivity index (χ1n) is 5.14. The second-order valence-corrected chi connectivity index (χ2v) is 4.28. The third-order valence-electron chi connectivity index (χ3n) is 2.18. The van der Waals surface area contributed by atoms with E-state index < -0.39 is 5.82 Å². The van der Waals surface area contributed by atoms with E-state index in [1.54, 1.807) is 13.0 Å². The molecule has 0 saturated carbocycles. The summed E-state index contributed by atoms with van der Waals surface area (Å²) < 4.78 is 19.7. The third-order valence-corrected chi connectivity index (χ3v) is 2.81. The lowest BCUT2D eigenvalue weighted by atomic mass is 10.3. The van der Waals surface area contributed by atoms with Crippen molar-refractivity contribution >= 4 is 21.7 Å². The lowest BCUT2D eigenvalue weighted by Crippen LogP contribution is -2.06. The van der Waals surface area contributed by atoms with Gasteiger partial charge in [-0.1, -0.05) is 0 Å². The fourth-order valence-electron chi connectivity index (χ4n) is 1.40. The van der Waals surface area contributed by atoms with Gasteiger partial charge in [-0.2, -0.15) is 0 Å². The summed E-state index contributed by atoms with van der Waals surface area (Å²) in [4.78, 5) is 8.17. The van der Waals surface area contributed by atoms with Crippen molar-refractivity contribution in [1.29, 1.82) is 0 Å². The Morgan fingerprint density at radius 2 is 2.24 bits per heavy atom. The number of aromatic nitrogens is 2. The molecule has 6 heteroatoms. The van der Waals surface area contributed by atoms with Crippen LogP contribution in [0.25, 0.3) is 11.6 Å². The molecule has 1 N–H and O–H groups in total. The molecule has 0 atom stereocenters. The van der Waals surface area contributed by atoms with Crippen LogP contribution in [0.15, 0.2) is 21.2 Å². The minimum atomic E-state index is -0.432. The summed E-state index contributed by atoms with van der Waals surface area (Å²) in [7, 11) is 0. The van der Waals surface area contributed by atoms with Crippen molar-refractivity contribution in [2.75, 3.05) is 11.9 Å². The highest BCUT2D eigenvalue weighted by Gasteiger charge is 2.15. The monoisotopic (exact) mass is 299 g/mol. The van der Waals surface area contributed by atoms with Gasteiger partial charge in [0, 0.05) is 6.54 Å². The van der Waals surface area contributed by atoms with Crippen LogP contribution in [-0.2, 0) is 0 Å². The van der Waals surface area contributed by atoms with Crippen molar-refractivity contribution < 1.29 is 8.81 Å². The first kappa shape index (κ1) is 12.0. The molecule has 0 fully saturated rings. The molecule has 0 aliphatic heterocycles. The molecule has 0 unspecified atom stereocenters.